The summed E-state index contributed by atoms with van der Waals surface area (Å²) in [5.74, 6) is 0. The molecule has 0 amide bonds. The summed E-state index contributed by atoms with van der Waals surface area (Å²) in [5, 5.41) is 9.63. The first-order chi connectivity index (χ1) is 19.5. The summed E-state index contributed by atoms with van der Waals surface area (Å²) in [6, 6.07) is 9.95. The molecule has 0 unspecified atom stereocenters. The number of pyridine rings is 1. The van der Waals surface area contributed by atoms with Gasteiger partial charge in [-0.05, 0) is 43.0 Å². The van der Waals surface area contributed by atoms with Gasteiger partial charge >= 0.3 is 12.3 Å². The lowest BCUT2D eigenvalue weighted by atomic mass is 10.0. The van der Waals surface area contributed by atoms with Crippen molar-refractivity contribution < 1.29 is 23.0 Å². The molecule has 40 heavy (non-hydrogen) atoms. The van der Waals surface area contributed by atoms with E-state index in [1.807, 2.05) is 35.0 Å². The molecule has 212 valence electrons. The van der Waals surface area contributed by atoms with Gasteiger partial charge in [-0.25, -0.2) is 4.79 Å². The van der Waals surface area contributed by atoms with E-state index in [0.717, 1.165) is 52.6 Å². The number of hydrogen-bond acceptors (Lipinski definition) is 8. The lowest BCUT2D eigenvalue weighted by Crippen LogP contribution is -2.29. The topological polar surface area (TPSA) is 96.5 Å². The van der Waals surface area contributed by atoms with Gasteiger partial charge in [0.05, 0.1) is 30.5 Å². The molecule has 10 nitrogen and oxygen atoms in total. The summed E-state index contributed by atoms with van der Waals surface area (Å²) in [5.41, 5.74) is 4.71. The second-order valence-corrected chi connectivity index (χ2v) is 10.4. The Kier molecular flexibility index (Phi) is 7.83. The van der Waals surface area contributed by atoms with Crippen LogP contribution >= 0.6 is 0 Å². The zero-order chi connectivity index (χ0) is 27.6. The minimum absolute atomic E-state index is 0.0554. The average molecular weight is 555 g/mol. The molecule has 0 bridgehead atoms. The van der Waals surface area contributed by atoms with Crippen molar-refractivity contribution >= 4 is 22.1 Å². The molecule has 0 saturated carbocycles. The Balaban J connectivity index is 1.16. The third-order valence-corrected chi connectivity index (χ3v) is 7.81. The first-order valence-corrected chi connectivity index (χ1v) is 13.6. The highest BCUT2D eigenvalue weighted by Crippen LogP contribution is 2.31. The SMILES string of the molecule is Cn1c(=O)n(C2CCOCC2)c2c3cc(-c4ccc(COCCN5CC[C@@H](OC(F)F)C5)nc4)ccc3nnc21. The Morgan fingerprint density at radius 3 is 2.70 bits per heavy atom. The predicted octanol–water partition coefficient (Wildman–Crippen LogP) is 3.53. The van der Waals surface area contributed by atoms with Crippen LogP contribution in [0, 0.1) is 0 Å². The molecule has 1 atom stereocenters. The van der Waals surface area contributed by atoms with E-state index in [2.05, 4.69) is 30.9 Å². The van der Waals surface area contributed by atoms with Crippen molar-refractivity contribution in [1.29, 1.82) is 0 Å². The van der Waals surface area contributed by atoms with Crippen LogP contribution < -0.4 is 5.69 Å². The molecule has 6 rings (SSSR count). The summed E-state index contributed by atoms with van der Waals surface area (Å²) in [4.78, 5) is 19.9. The van der Waals surface area contributed by atoms with Gasteiger partial charge in [-0.2, -0.15) is 8.78 Å². The van der Waals surface area contributed by atoms with E-state index >= 15 is 0 Å². The van der Waals surface area contributed by atoms with Gasteiger partial charge in [-0.15, -0.1) is 10.2 Å². The number of nitrogens with zero attached hydrogens (tertiary/aromatic N) is 6. The summed E-state index contributed by atoms with van der Waals surface area (Å²) in [6.07, 6.45) is 3.57. The number of halogens is 2. The van der Waals surface area contributed by atoms with Crippen LogP contribution in [0.15, 0.2) is 41.3 Å². The summed E-state index contributed by atoms with van der Waals surface area (Å²) < 4.78 is 44.1. The van der Waals surface area contributed by atoms with Crippen molar-refractivity contribution in [3.05, 3.63) is 52.7 Å². The quantitative estimate of drug-likeness (QED) is 0.290. The molecule has 5 heterocycles. The van der Waals surface area contributed by atoms with Crippen LogP contribution in [0.2, 0.25) is 0 Å². The minimum atomic E-state index is -2.72. The van der Waals surface area contributed by atoms with E-state index in [0.29, 0.717) is 51.6 Å². The van der Waals surface area contributed by atoms with Crippen molar-refractivity contribution in [3.8, 4) is 11.1 Å². The van der Waals surface area contributed by atoms with Crippen LogP contribution in [0.5, 0.6) is 0 Å². The fourth-order valence-corrected chi connectivity index (χ4v) is 5.66. The number of hydrogen-bond donors (Lipinski definition) is 0. The summed E-state index contributed by atoms with van der Waals surface area (Å²) in [6.45, 7) is 1.27. The zero-order valence-electron chi connectivity index (χ0n) is 22.3. The van der Waals surface area contributed by atoms with Crippen molar-refractivity contribution in [1.82, 2.24) is 29.2 Å². The maximum Gasteiger partial charge on any atom is 0.345 e. The monoisotopic (exact) mass is 554 g/mol. The molecule has 2 saturated heterocycles. The zero-order valence-corrected chi connectivity index (χ0v) is 22.3. The second kappa shape index (κ2) is 11.7. The normalized spacial score (nSPS) is 18.9. The summed E-state index contributed by atoms with van der Waals surface area (Å²) >= 11 is 0. The van der Waals surface area contributed by atoms with E-state index in [4.69, 9.17) is 9.47 Å². The lowest BCUT2D eigenvalue weighted by molar-refractivity contribution is -0.158. The number of rotatable bonds is 9. The molecule has 0 spiro atoms. The van der Waals surface area contributed by atoms with Crippen LogP contribution in [0.4, 0.5) is 8.78 Å². The van der Waals surface area contributed by atoms with E-state index in [1.54, 1.807) is 11.6 Å². The molecule has 2 aliphatic heterocycles. The van der Waals surface area contributed by atoms with Gasteiger partial charge in [0.15, 0.2) is 5.65 Å². The van der Waals surface area contributed by atoms with Crippen LogP contribution in [0.1, 0.15) is 31.0 Å². The fraction of sp³-hybridized carbons (Fsp3) is 0.500. The van der Waals surface area contributed by atoms with E-state index in [1.165, 1.54) is 0 Å². The smallest absolute Gasteiger partial charge is 0.345 e. The van der Waals surface area contributed by atoms with Crippen LogP contribution in [-0.4, -0.2) is 81.4 Å². The van der Waals surface area contributed by atoms with Gasteiger partial charge < -0.3 is 14.2 Å². The van der Waals surface area contributed by atoms with E-state index < -0.39 is 12.7 Å². The van der Waals surface area contributed by atoms with Gasteiger partial charge in [0.1, 0.15) is 5.52 Å². The van der Waals surface area contributed by atoms with Crippen LogP contribution in [0.25, 0.3) is 33.2 Å². The van der Waals surface area contributed by atoms with Crippen molar-refractivity contribution in [2.24, 2.45) is 7.05 Å². The number of aryl methyl sites for hydroxylation is 1. The molecule has 3 aromatic heterocycles. The highest BCUT2D eigenvalue weighted by molar-refractivity contribution is 6.02. The Bertz CT molecular complexity index is 1530. The fourth-order valence-electron chi connectivity index (χ4n) is 5.66. The first kappa shape index (κ1) is 26.9. The number of imidazole rings is 1. The summed E-state index contributed by atoms with van der Waals surface area (Å²) in [7, 11) is 1.74. The van der Waals surface area contributed by atoms with Crippen molar-refractivity contribution in [2.75, 3.05) is 39.5 Å². The van der Waals surface area contributed by atoms with Gasteiger partial charge in [0, 0.05) is 63.1 Å². The van der Waals surface area contributed by atoms with Gasteiger partial charge in [0.25, 0.3) is 0 Å². The third-order valence-electron chi connectivity index (χ3n) is 7.81. The van der Waals surface area contributed by atoms with Crippen molar-refractivity contribution in [3.63, 3.8) is 0 Å². The molecular weight excluding hydrogens is 522 g/mol. The Morgan fingerprint density at radius 2 is 1.93 bits per heavy atom. The molecule has 4 aromatic rings. The molecule has 2 fully saturated rings. The second-order valence-electron chi connectivity index (χ2n) is 10.4. The average Bonchev–Trinajstić information content (AvgIpc) is 3.52. The Hall–Kier alpha value is -3.32. The maximum atomic E-state index is 13.2. The molecule has 12 heteroatoms. The first-order valence-electron chi connectivity index (χ1n) is 13.6. The molecule has 0 N–H and O–H groups in total. The van der Waals surface area contributed by atoms with Crippen LogP contribution in [-0.2, 0) is 27.9 Å². The van der Waals surface area contributed by atoms with Gasteiger partial charge in [-0.1, -0.05) is 12.1 Å². The predicted molar refractivity (Wildman–Crippen MR) is 144 cm³/mol. The minimum Gasteiger partial charge on any atom is -0.381 e. The standard InChI is InChI=1S/C28H32F2N6O4/c1-34-26-25(36(28(34)37)21-7-11-38-12-8-21)23-14-18(3-5-24(23)32-33-26)19-2-4-20(31-15-19)17-39-13-10-35-9-6-22(16-35)40-27(29)30/h2-5,14-15,21-22,27H,6-13,16-17H2,1H3/t22-/m1/s1. The maximum absolute atomic E-state index is 13.2. The number of benzene rings is 1. The highest BCUT2D eigenvalue weighted by atomic mass is 19.3. The van der Waals surface area contributed by atoms with Crippen LogP contribution in [0.3, 0.4) is 0 Å². The van der Waals surface area contributed by atoms with E-state index in [9.17, 15) is 13.6 Å². The molecule has 2 aliphatic rings. The Labute approximate surface area is 229 Å². The van der Waals surface area contributed by atoms with Gasteiger partial charge in [0.2, 0.25) is 0 Å². The number of fused-ring (bicyclic) bond motifs is 3. The van der Waals surface area contributed by atoms with Crippen molar-refractivity contribution in [2.45, 2.75) is 44.6 Å². The van der Waals surface area contributed by atoms with Gasteiger partial charge in [-0.3, -0.25) is 19.0 Å². The third kappa shape index (κ3) is 5.49. The lowest BCUT2D eigenvalue weighted by Gasteiger charge is -2.23. The molecule has 0 aliphatic carbocycles. The van der Waals surface area contributed by atoms with E-state index in [-0.39, 0.29) is 11.7 Å². The largest absolute Gasteiger partial charge is 0.381 e. The number of ether oxygens (including phenoxy) is 3. The number of alkyl halides is 2. The Morgan fingerprint density at radius 1 is 1.10 bits per heavy atom. The molecule has 0 radical (unpaired) electrons. The molecule has 1 aromatic carbocycles. The number of likely N-dealkylation sites (tertiary alicyclic amines) is 1. The highest BCUT2D eigenvalue weighted by Gasteiger charge is 2.26. The molecular formula is C28H32F2N6O4. The number of aromatic nitrogens is 5.